The van der Waals surface area contributed by atoms with Crippen LogP contribution in [-0.4, -0.2) is 75.6 Å². The minimum atomic E-state index is -3.83. The van der Waals surface area contributed by atoms with Crippen LogP contribution in [0.1, 0.15) is 21.5 Å². The van der Waals surface area contributed by atoms with Crippen LogP contribution >= 0.6 is 0 Å². The van der Waals surface area contributed by atoms with E-state index in [2.05, 4.69) is 4.98 Å². The van der Waals surface area contributed by atoms with Crippen molar-refractivity contribution in [2.24, 2.45) is 0 Å². The van der Waals surface area contributed by atoms with Gasteiger partial charge in [0.1, 0.15) is 5.56 Å². The Morgan fingerprint density at radius 3 is 2.43 bits per heavy atom. The third-order valence-corrected chi connectivity index (χ3v) is 8.08. The molecule has 1 aromatic heterocycles. The Morgan fingerprint density at radius 2 is 1.74 bits per heavy atom. The smallest absolute Gasteiger partial charge is 0.259 e. The number of nitrogens with one attached hydrogen (secondary N) is 1. The Labute approximate surface area is 204 Å². The van der Waals surface area contributed by atoms with Crippen molar-refractivity contribution in [3.63, 3.8) is 0 Å². The number of aromatic amines is 1. The van der Waals surface area contributed by atoms with Crippen LogP contribution in [0.5, 0.6) is 0 Å². The standard InChI is InChI=1S/C25H29N3O6S/c1-33-13-11-27(12-14-34-2)25(30)22-16-26-23-8-7-20(15-21(23)24(22)29)35(31,32)28-10-9-18-5-3-4-6-19(18)17-28/h3-8,15-16H,9-14,17H2,1-2H3,(H,26,29). The summed E-state index contributed by atoms with van der Waals surface area (Å²) in [6, 6.07) is 12.2. The van der Waals surface area contributed by atoms with Gasteiger partial charge in [0, 0.05) is 57.5 Å². The molecule has 186 valence electrons. The van der Waals surface area contributed by atoms with E-state index in [1.165, 1.54) is 41.8 Å². The van der Waals surface area contributed by atoms with Crippen molar-refractivity contribution in [1.82, 2.24) is 14.2 Å². The Hall–Kier alpha value is -3.05. The molecule has 0 bridgehead atoms. The summed E-state index contributed by atoms with van der Waals surface area (Å²) in [5.74, 6) is -0.469. The normalized spacial score (nSPS) is 14.1. The molecule has 0 fully saturated rings. The van der Waals surface area contributed by atoms with Crippen molar-refractivity contribution in [2.75, 3.05) is 47.1 Å². The second-order valence-corrected chi connectivity index (χ2v) is 10.3. The van der Waals surface area contributed by atoms with E-state index in [0.717, 1.165) is 11.1 Å². The number of nitrogens with zero attached hydrogens (tertiary/aromatic N) is 2. The number of carbonyl (C=O) groups is 1. The van der Waals surface area contributed by atoms with Gasteiger partial charge in [-0.05, 0) is 35.7 Å². The first kappa shape index (κ1) is 25.1. The molecule has 35 heavy (non-hydrogen) atoms. The predicted octanol–water partition coefficient (Wildman–Crippen LogP) is 2.01. The molecule has 0 saturated heterocycles. The molecular weight excluding hydrogens is 470 g/mol. The zero-order valence-corrected chi connectivity index (χ0v) is 20.6. The molecule has 1 amide bonds. The lowest BCUT2D eigenvalue weighted by atomic mass is 10.0. The van der Waals surface area contributed by atoms with Crippen molar-refractivity contribution in [3.8, 4) is 0 Å². The molecule has 1 aliphatic rings. The highest BCUT2D eigenvalue weighted by atomic mass is 32.2. The second kappa shape index (κ2) is 10.7. The summed E-state index contributed by atoms with van der Waals surface area (Å²) in [5, 5.41) is 0.146. The Morgan fingerprint density at radius 1 is 1.06 bits per heavy atom. The lowest BCUT2D eigenvalue weighted by Crippen LogP contribution is -2.39. The van der Waals surface area contributed by atoms with E-state index in [0.29, 0.717) is 44.8 Å². The molecule has 0 spiro atoms. The summed E-state index contributed by atoms with van der Waals surface area (Å²) in [6.07, 6.45) is 2.00. The number of hydrogen-bond acceptors (Lipinski definition) is 6. The monoisotopic (exact) mass is 499 g/mol. The largest absolute Gasteiger partial charge is 0.383 e. The minimum absolute atomic E-state index is 0.0232. The first-order valence-corrected chi connectivity index (χ1v) is 12.8. The van der Waals surface area contributed by atoms with Crippen LogP contribution in [0.15, 0.2) is 58.4 Å². The van der Waals surface area contributed by atoms with E-state index in [1.807, 2.05) is 24.3 Å². The quantitative estimate of drug-likeness (QED) is 0.483. The molecule has 2 heterocycles. The average molecular weight is 500 g/mol. The maximum absolute atomic E-state index is 13.4. The van der Waals surface area contributed by atoms with E-state index in [4.69, 9.17) is 9.47 Å². The van der Waals surface area contributed by atoms with Gasteiger partial charge in [0.05, 0.1) is 18.1 Å². The fourth-order valence-corrected chi connectivity index (χ4v) is 5.67. The van der Waals surface area contributed by atoms with Crippen molar-refractivity contribution in [3.05, 3.63) is 75.6 Å². The average Bonchev–Trinajstić information content (AvgIpc) is 2.88. The van der Waals surface area contributed by atoms with Crippen molar-refractivity contribution in [1.29, 1.82) is 0 Å². The molecule has 0 atom stereocenters. The number of fused-ring (bicyclic) bond motifs is 2. The van der Waals surface area contributed by atoms with Crippen LogP contribution < -0.4 is 5.43 Å². The molecule has 0 aliphatic carbocycles. The summed E-state index contributed by atoms with van der Waals surface area (Å²) < 4.78 is 38.4. The fraction of sp³-hybridized carbons (Fsp3) is 0.360. The number of carbonyl (C=O) groups excluding carboxylic acids is 1. The van der Waals surface area contributed by atoms with E-state index in [1.54, 1.807) is 6.07 Å². The fourth-order valence-electron chi connectivity index (χ4n) is 4.23. The highest BCUT2D eigenvalue weighted by Crippen LogP contribution is 2.26. The number of pyridine rings is 1. The molecule has 1 N–H and O–H groups in total. The number of hydrogen-bond donors (Lipinski definition) is 1. The van der Waals surface area contributed by atoms with E-state index in [9.17, 15) is 18.0 Å². The van der Waals surface area contributed by atoms with Gasteiger partial charge in [0.25, 0.3) is 5.91 Å². The molecule has 3 aromatic rings. The maximum atomic E-state index is 13.4. The lowest BCUT2D eigenvalue weighted by Gasteiger charge is -2.28. The Kier molecular flexibility index (Phi) is 7.66. The summed E-state index contributed by atoms with van der Waals surface area (Å²) >= 11 is 0. The molecule has 9 nitrogen and oxygen atoms in total. The summed E-state index contributed by atoms with van der Waals surface area (Å²) in [5.41, 5.74) is 1.98. The van der Waals surface area contributed by atoms with Gasteiger partial charge in [-0.25, -0.2) is 8.42 Å². The SMILES string of the molecule is COCCN(CCOC)C(=O)c1c[nH]c2ccc(S(=O)(=O)N3CCc4ccccc4C3)cc2c1=O. The topological polar surface area (TPSA) is 109 Å². The lowest BCUT2D eigenvalue weighted by molar-refractivity contribution is 0.0626. The van der Waals surface area contributed by atoms with Gasteiger partial charge in [-0.15, -0.1) is 0 Å². The zero-order chi connectivity index (χ0) is 25.0. The van der Waals surface area contributed by atoms with E-state index in [-0.39, 0.29) is 22.4 Å². The van der Waals surface area contributed by atoms with E-state index >= 15 is 0 Å². The molecular formula is C25H29N3O6S. The van der Waals surface area contributed by atoms with Gasteiger partial charge in [0.15, 0.2) is 0 Å². The summed E-state index contributed by atoms with van der Waals surface area (Å²) in [7, 11) is -0.769. The first-order valence-electron chi connectivity index (χ1n) is 11.4. The predicted molar refractivity (Wildman–Crippen MR) is 132 cm³/mol. The molecule has 0 unspecified atom stereocenters. The van der Waals surface area contributed by atoms with Gasteiger partial charge >= 0.3 is 0 Å². The van der Waals surface area contributed by atoms with Gasteiger partial charge in [-0.2, -0.15) is 4.31 Å². The highest BCUT2D eigenvalue weighted by molar-refractivity contribution is 7.89. The van der Waals surface area contributed by atoms with E-state index < -0.39 is 21.4 Å². The summed E-state index contributed by atoms with van der Waals surface area (Å²) in [6.45, 7) is 1.84. The molecule has 1 aliphatic heterocycles. The number of H-pyrrole nitrogens is 1. The summed E-state index contributed by atoms with van der Waals surface area (Å²) in [4.78, 5) is 30.9. The number of amides is 1. The molecule has 0 radical (unpaired) electrons. The number of sulfonamides is 1. The first-order chi connectivity index (χ1) is 16.9. The van der Waals surface area contributed by atoms with Crippen molar-refractivity contribution in [2.45, 2.75) is 17.9 Å². The number of methoxy groups -OCH3 is 2. The maximum Gasteiger partial charge on any atom is 0.259 e. The van der Waals surface area contributed by atoms with Gasteiger partial charge in [-0.1, -0.05) is 24.3 Å². The number of ether oxygens (including phenoxy) is 2. The molecule has 4 rings (SSSR count). The molecule has 2 aromatic carbocycles. The second-order valence-electron chi connectivity index (χ2n) is 8.37. The van der Waals surface area contributed by atoms with Crippen LogP contribution in [0.2, 0.25) is 0 Å². The Bertz CT molecular complexity index is 1380. The van der Waals surface area contributed by atoms with Crippen LogP contribution in [0.4, 0.5) is 0 Å². The van der Waals surface area contributed by atoms with Gasteiger partial charge in [-0.3, -0.25) is 9.59 Å². The zero-order valence-electron chi connectivity index (χ0n) is 19.8. The molecule has 0 saturated carbocycles. The highest BCUT2D eigenvalue weighted by Gasteiger charge is 2.29. The number of rotatable bonds is 9. The number of benzene rings is 2. The van der Waals surface area contributed by atoms with Crippen LogP contribution in [0.3, 0.4) is 0 Å². The third kappa shape index (κ3) is 5.15. The van der Waals surface area contributed by atoms with Crippen molar-refractivity contribution >= 4 is 26.8 Å². The number of aromatic nitrogens is 1. The van der Waals surface area contributed by atoms with Crippen LogP contribution in [0.25, 0.3) is 10.9 Å². The minimum Gasteiger partial charge on any atom is -0.383 e. The molecule has 10 heteroatoms. The Balaban J connectivity index is 1.67. The van der Waals surface area contributed by atoms with Gasteiger partial charge < -0.3 is 19.4 Å². The van der Waals surface area contributed by atoms with Crippen LogP contribution in [-0.2, 0) is 32.5 Å². The van der Waals surface area contributed by atoms with Crippen LogP contribution in [0, 0.1) is 0 Å². The van der Waals surface area contributed by atoms with Crippen molar-refractivity contribution < 1.29 is 22.7 Å². The van der Waals surface area contributed by atoms with Gasteiger partial charge in [0.2, 0.25) is 15.5 Å². The third-order valence-electron chi connectivity index (χ3n) is 6.23.